The van der Waals surface area contributed by atoms with Gasteiger partial charge in [0.2, 0.25) is 0 Å². The third-order valence-corrected chi connectivity index (χ3v) is 3.63. The molecule has 0 amide bonds. The highest BCUT2D eigenvalue weighted by Crippen LogP contribution is 2.36. The second-order valence-corrected chi connectivity index (χ2v) is 5.04. The number of hydrogen-bond acceptors (Lipinski definition) is 2. The molecule has 0 aliphatic carbocycles. The van der Waals surface area contributed by atoms with E-state index in [-0.39, 0.29) is 11.0 Å². The fourth-order valence-corrected chi connectivity index (χ4v) is 1.81. The average Bonchev–Trinajstić information content (AvgIpc) is 2.31. The second kappa shape index (κ2) is 5.20. The molecule has 0 spiro atoms. The van der Waals surface area contributed by atoms with Gasteiger partial charge in [0.15, 0.2) is 5.82 Å². The molecule has 1 aromatic carbocycles. The Morgan fingerprint density at radius 1 is 1.21 bits per heavy atom. The molecule has 8 heteroatoms. The predicted molar refractivity (Wildman–Crippen MR) is 70.2 cm³/mol. The Balaban J connectivity index is 2.66. The molecule has 0 aliphatic heterocycles. The van der Waals surface area contributed by atoms with Crippen molar-refractivity contribution in [1.29, 1.82) is 0 Å². The maximum absolute atomic E-state index is 13.1. The molecule has 2 rings (SSSR count). The lowest BCUT2D eigenvalue weighted by molar-refractivity contribution is -0.137. The topological polar surface area (TPSA) is 25.8 Å². The normalized spacial score (nSPS) is 11.7. The summed E-state index contributed by atoms with van der Waals surface area (Å²) in [6, 6.07) is 2.13. The van der Waals surface area contributed by atoms with Crippen molar-refractivity contribution < 1.29 is 17.6 Å². The van der Waals surface area contributed by atoms with Crippen LogP contribution < -0.4 is 0 Å². The SMILES string of the molecule is Fc1ccc(C(F)(F)F)c(-c2ncc(I)c(Cl)n2)c1. The molecule has 2 aromatic rings. The van der Waals surface area contributed by atoms with Crippen molar-refractivity contribution in [2.45, 2.75) is 6.18 Å². The summed E-state index contributed by atoms with van der Waals surface area (Å²) >= 11 is 7.58. The standard InChI is InChI=1S/C11H4ClF4IN2/c12-9-8(17)4-18-10(19-9)6-3-5(13)1-2-7(6)11(14,15)16/h1-4H. The molecular weight excluding hydrogens is 398 g/mol. The number of alkyl halides is 3. The van der Waals surface area contributed by atoms with E-state index in [1.807, 2.05) is 22.6 Å². The van der Waals surface area contributed by atoms with Crippen LogP contribution in [0.15, 0.2) is 24.4 Å². The maximum atomic E-state index is 13.1. The Bertz CT molecular complexity index is 631. The van der Waals surface area contributed by atoms with Crippen LogP contribution in [0, 0.1) is 9.39 Å². The van der Waals surface area contributed by atoms with E-state index in [0.717, 1.165) is 12.1 Å². The van der Waals surface area contributed by atoms with Gasteiger partial charge in [0, 0.05) is 11.8 Å². The Morgan fingerprint density at radius 3 is 2.47 bits per heavy atom. The average molecular weight is 403 g/mol. The molecule has 0 bridgehead atoms. The van der Waals surface area contributed by atoms with Gasteiger partial charge in [-0.25, -0.2) is 14.4 Å². The minimum Gasteiger partial charge on any atom is -0.235 e. The Hall–Kier alpha value is -0.960. The van der Waals surface area contributed by atoms with Crippen LogP contribution in [0.3, 0.4) is 0 Å². The zero-order chi connectivity index (χ0) is 14.2. The third-order valence-electron chi connectivity index (χ3n) is 2.23. The quantitative estimate of drug-likeness (QED) is 0.397. The van der Waals surface area contributed by atoms with Gasteiger partial charge in [-0.2, -0.15) is 13.2 Å². The van der Waals surface area contributed by atoms with Crippen LogP contribution >= 0.6 is 34.2 Å². The number of hydrogen-bond donors (Lipinski definition) is 0. The molecule has 1 aromatic heterocycles. The summed E-state index contributed by atoms with van der Waals surface area (Å²) < 4.78 is 52.1. The number of aromatic nitrogens is 2. The number of halogens is 6. The van der Waals surface area contributed by atoms with E-state index in [1.54, 1.807) is 0 Å². The Labute approximate surface area is 124 Å². The number of rotatable bonds is 1. The van der Waals surface area contributed by atoms with E-state index in [4.69, 9.17) is 11.6 Å². The van der Waals surface area contributed by atoms with Gasteiger partial charge in [0.25, 0.3) is 0 Å². The van der Waals surface area contributed by atoms with Gasteiger partial charge in [-0.05, 0) is 40.8 Å². The van der Waals surface area contributed by atoms with E-state index in [9.17, 15) is 17.6 Å². The highest BCUT2D eigenvalue weighted by Gasteiger charge is 2.34. The first-order valence-electron chi connectivity index (χ1n) is 4.84. The van der Waals surface area contributed by atoms with Gasteiger partial charge < -0.3 is 0 Å². The summed E-state index contributed by atoms with van der Waals surface area (Å²) in [5, 5.41) is 0.0167. The van der Waals surface area contributed by atoms with E-state index in [1.165, 1.54) is 6.20 Å². The predicted octanol–water partition coefficient (Wildman–Crippen LogP) is 4.56. The lowest BCUT2D eigenvalue weighted by Crippen LogP contribution is -2.08. The molecule has 19 heavy (non-hydrogen) atoms. The smallest absolute Gasteiger partial charge is 0.235 e. The summed E-state index contributed by atoms with van der Waals surface area (Å²) in [6.45, 7) is 0. The van der Waals surface area contributed by atoms with E-state index in [2.05, 4.69) is 9.97 Å². The van der Waals surface area contributed by atoms with Crippen molar-refractivity contribution in [3.05, 3.63) is 44.5 Å². The Morgan fingerprint density at radius 2 is 1.89 bits per heavy atom. The first-order chi connectivity index (χ1) is 8.79. The van der Waals surface area contributed by atoms with Gasteiger partial charge in [-0.3, -0.25) is 0 Å². The van der Waals surface area contributed by atoms with E-state index < -0.39 is 23.1 Å². The van der Waals surface area contributed by atoms with Crippen molar-refractivity contribution in [2.75, 3.05) is 0 Å². The maximum Gasteiger partial charge on any atom is 0.417 e. The zero-order valence-corrected chi connectivity index (χ0v) is 11.9. The van der Waals surface area contributed by atoms with Crippen LogP contribution in [-0.2, 0) is 6.18 Å². The largest absolute Gasteiger partial charge is 0.417 e. The summed E-state index contributed by atoms with van der Waals surface area (Å²) in [5.74, 6) is -1.07. The molecule has 0 N–H and O–H groups in total. The van der Waals surface area contributed by atoms with Crippen LogP contribution in [0.2, 0.25) is 5.15 Å². The molecule has 0 radical (unpaired) electrons. The molecule has 0 aliphatic rings. The van der Waals surface area contributed by atoms with Gasteiger partial charge in [-0.1, -0.05) is 11.6 Å². The van der Waals surface area contributed by atoms with E-state index in [0.29, 0.717) is 9.64 Å². The molecule has 0 saturated heterocycles. The zero-order valence-electron chi connectivity index (χ0n) is 8.97. The minimum absolute atomic E-state index is 0.0167. The molecule has 2 nitrogen and oxygen atoms in total. The highest BCUT2D eigenvalue weighted by molar-refractivity contribution is 14.1. The van der Waals surface area contributed by atoms with Crippen LogP contribution in [-0.4, -0.2) is 9.97 Å². The van der Waals surface area contributed by atoms with Crippen LogP contribution in [0.25, 0.3) is 11.4 Å². The molecule has 1 heterocycles. The fraction of sp³-hybridized carbons (Fsp3) is 0.0909. The lowest BCUT2D eigenvalue weighted by atomic mass is 10.1. The molecule has 100 valence electrons. The first kappa shape index (κ1) is 14.4. The summed E-state index contributed by atoms with van der Waals surface area (Å²) in [7, 11) is 0. The van der Waals surface area contributed by atoms with E-state index >= 15 is 0 Å². The number of nitrogens with zero attached hydrogens (tertiary/aromatic N) is 2. The van der Waals surface area contributed by atoms with Crippen LogP contribution in [0.5, 0.6) is 0 Å². The van der Waals surface area contributed by atoms with Crippen molar-refractivity contribution in [1.82, 2.24) is 9.97 Å². The molecule has 0 unspecified atom stereocenters. The van der Waals surface area contributed by atoms with Crippen LogP contribution in [0.1, 0.15) is 5.56 Å². The summed E-state index contributed by atoms with van der Waals surface area (Å²) in [6.07, 6.45) is -3.35. The lowest BCUT2D eigenvalue weighted by Gasteiger charge is -2.12. The van der Waals surface area contributed by atoms with Gasteiger partial charge >= 0.3 is 6.18 Å². The van der Waals surface area contributed by atoms with Gasteiger partial charge in [0.05, 0.1) is 9.13 Å². The molecule has 0 atom stereocenters. The monoisotopic (exact) mass is 402 g/mol. The van der Waals surface area contributed by atoms with Crippen molar-refractivity contribution in [2.24, 2.45) is 0 Å². The van der Waals surface area contributed by atoms with Crippen LogP contribution in [0.4, 0.5) is 17.6 Å². The summed E-state index contributed by atoms with van der Waals surface area (Å²) in [5.41, 5.74) is -1.45. The third kappa shape index (κ3) is 3.14. The minimum atomic E-state index is -4.62. The number of benzene rings is 1. The van der Waals surface area contributed by atoms with Gasteiger partial charge in [0.1, 0.15) is 11.0 Å². The summed E-state index contributed by atoms with van der Waals surface area (Å²) in [4.78, 5) is 7.49. The van der Waals surface area contributed by atoms with Crippen molar-refractivity contribution >= 4 is 34.2 Å². The Kier molecular flexibility index (Phi) is 3.95. The highest BCUT2D eigenvalue weighted by atomic mass is 127. The van der Waals surface area contributed by atoms with Crippen molar-refractivity contribution in [3.63, 3.8) is 0 Å². The second-order valence-electron chi connectivity index (χ2n) is 3.52. The van der Waals surface area contributed by atoms with Crippen molar-refractivity contribution in [3.8, 4) is 11.4 Å². The molecule has 0 fully saturated rings. The fourth-order valence-electron chi connectivity index (χ4n) is 1.42. The van der Waals surface area contributed by atoms with Gasteiger partial charge in [-0.15, -0.1) is 0 Å². The molecule has 0 saturated carbocycles. The molecular formula is C11H4ClF4IN2. The first-order valence-corrected chi connectivity index (χ1v) is 6.30.